The maximum atomic E-state index is 6.28. The minimum Gasteiger partial charge on any atom is -0.475 e. The topological polar surface area (TPSA) is 43.2 Å². The average molecular weight is 605 g/mol. The van der Waals surface area contributed by atoms with E-state index in [2.05, 4.69) is 163 Å². The fraction of sp³-hybridized carbons (Fsp3) is 0.238. The smallest absolute Gasteiger partial charge is 0.217 e. The van der Waals surface area contributed by atoms with Crippen LogP contribution in [0.5, 0.6) is 0 Å². The van der Waals surface area contributed by atoms with Crippen LogP contribution in [-0.4, -0.2) is 35.1 Å². The molecule has 0 bridgehead atoms. The lowest BCUT2D eigenvalue weighted by Gasteiger charge is -2.30. The van der Waals surface area contributed by atoms with E-state index in [1.165, 1.54) is 16.7 Å². The molecule has 2 aliphatic rings. The second kappa shape index (κ2) is 11.1. The summed E-state index contributed by atoms with van der Waals surface area (Å²) in [5.74, 6) is 1.42. The standard InChI is InChI=1S/C42H40N2O2/c1-40(2)27-45-38(43-40)33-20-16-31(17-21-33)36-24-35(30-14-12-29(13-15-30)28-10-8-7-9-11-28)25-37(26-36)32-18-22-34(23-19-32)39-44-41(3,4)42(5,6)46-39/h7-26H,27H2,1-6H3. The molecule has 0 fully saturated rings. The van der Waals surface area contributed by atoms with E-state index in [1.54, 1.807) is 0 Å². The lowest BCUT2D eigenvalue weighted by atomic mass is 9.87. The Morgan fingerprint density at radius 3 is 1.22 bits per heavy atom. The Morgan fingerprint density at radius 1 is 0.435 bits per heavy atom. The highest BCUT2D eigenvalue weighted by Gasteiger charge is 2.45. The Morgan fingerprint density at radius 2 is 0.826 bits per heavy atom. The summed E-state index contributed by atoms with van der Waals surface area (Å²) >= 11 is 0. The molecule has 0 spiro atoms. The van der Waals surface area contributed by atoms with E-state index < -0.39 is 0 Å². The highest BCUT2D eigenvalue weighted by atomic mass is 16.5. The van der Waals surface area contributed by atoms with Gasteiger partial charge >= 0.3 is 0 Å². The monoisotopic (exact) mass is 604 g/mol. The van der Waals surface area contributed by atoms with Gasteiger partial charge < -0.3 is 9.47 Å². The zero-order valence-electron chi connectivity index (χ0n) is 27.5. The lowest BCUT2D eigenvalue weighted by Crippen LogP contribution is -2.41. The van der Waals surface area contributed by atoms with Crippen molar-refractivity contribution < 1.29 is 9.47 Å². The van der Waals surface area contributed by atoms with Crippen molar-refractivity contribution in [2.45, 2.75) is 58.2 Å². The van der Waals surface area contributed by atoms with Crippen molar-refractivity contribution in [1.82, 2.24) is 0 Å². The molecule has 7 rings (SSSR count). The second-order valence-corrected chi connectivity index (χ2v) is 14.0. The molecular formula is C42H40N2O2. The third-order valence-electron chi connectivity index (χ3n) is 9.36. The predicted molar refractivity (Wildman–Crippen MR) is 191 cm³/mol. The van der Waals surface area contributed by atoms with Crippen LogP contribution < -0.4 is 0 Å². The molecule has 0 atom stereocenters. The van der Waals surface area contributed by atoms with Crippen LogP contribution in [0.25, 0.3) is 44.5 Å². The van der Waals surface area contributed by atoms with Gasteiger partial charge in [0.2, 0.25) is 11.8 Å². The van der Waals surface area contributed by atoms with Crippen molar-refractivity contribution in [2.75, 3.05) is 6.61 Å². The number of hydrogen-bond donors (Lipinski definition) is 0. The van der Waals surface area contributed by atoms with Gasteiger partial charge in [-0.1, -0.05) is 78.9 Å². The first-order valence-electron chi connectivity index (χ1n) is 16.0. The summed E-state index contributed by atoms with van der Waals surface area (Å²) in [4.78, 5) is 9.66. The van der Waals surface area contributed by atoms with E-state index in [9.17, 15) is 0 Å². The van der Waals surface area contributed by atoms with Gasteiger partial charge in [-0.15, -0.1) is 0 Å². The van der Waals surface area contributed by atoms with Crippen LogP contribution in [0.3, 0.4) is 0 Å². The third-order valence-corrected chi connectivity index (χ3v) is 9.36. The van der Waals surface area contributed by atoms with Gasteiger partial charge in [0, 0.05) is 11.1 Å². The summed E-state index contributed by atoms with van der Waals surface area (Å²) in [6.07, 6.45) is 0. The van der Waals surface area contributed by atoms with E-state index in [1.807, 2.05) is 0 Å². The summed E-state index contributed by atoms with van der Waals surface area (Å²) in [5, 5.41) is 0. The molecule has 4 heteroatoms. The maximum Gasteiger partial charge on any atom is 0.217 e. The van der Waals surface area contributed by atoms with Crippen molar-refractivity contribution in [3.63, 3.8) is 0 Å². The van der Waals surface area contributed by atoms with Crippen LogP contribution in [0, 0.1) is 0 Å². The number of ether oxygens (including phenoxy) is 2. The Kier molecular flexibility index (Phi) is 7.20. The predicted octanol–water partition coefficient (Wildman–Crippen LogP) is 10.2. The molecule has 2 aliphatic heterocycles. The zero-order chi connectivity index (χ0) is 32.1. The second-order valence-electron chi connectivity index (χ2n) is 14.0. The van der Waals surface area contributed by atoms with E-state index >= 15 is 0 Å². The van der Waals surface area contributed by atoms with Gasteiger partial charge in [0.25, 0.3) is 0 Å². The Hall–Kier alpha value is -4.96. The highest BCUT2D eigenvalue weighted by Crippen LogP contribution is 2.38. The first-order valence-corrected chi connectivity index (χ1v) is 16.0. The van der Waals surface area contributed by atoms with Gasteiger partial charge in [0.05, 0.1) is 11.1 Å². The molecule has 0 unspecified atom stereocenters. The van der Waals surface area contributed by atoms with Crippen LogP contribution in [0.1, 0.15) is 52.7 Å². The van der Waals surface area contributed by atoms with Crippen molar-refractivity contribution >= 4 is 11.8 Å². The van der Waals surface area contributed by atoms with Crippen LogP contribution >= 0.6 is 0 Å². The fourth-order valence-corrected chi connectivity index (χ4v) is 5.86. The summed E-state index contributed by atoms with van der Waals surface area (Å²) in [6, 6.07) is 43.3. The molecule has 0 radical (unpaired) electrons. The number of hydrogen-bond acceptors (Lipinski definition) is 4. The molecule has 2 heterocycles. The average Bonchev–Trinajstić information content (AvgIpc) is 3.54. The van der Waals surface area contributed by atoms with Gasteiger partial charge in [-0.25, -0.2) is 9.98 Å². The van der Waals surface area contributed by atoms with Crippen LogP contribution in [0.15, 0.2) is 131 Å². The molecule has 46 heavy (non-hydrogen) atoms. The zero-order valence-corrected chi connectivity index (χ0v) is 27.5. The fourth-order valence-electron chi connectivity index (χ4n) is 5.86. The van der Waals surface area contributed by atoms with Crippen molar-refractivity contribution in [3.8, 4) is 44.5 Å². The SMILES string of the molecule is CC1(C)COC(c2ccc(-c3cc(-c4ccc(C5=NC(C)(C)C(C)(C)O5)cc4)cc(-c4ccc(-c5ccccc5)cc4)c3)cc2)=N1. The van der Waals surface area contributed by atoms with Gasteiger partial charge in [0.15, 0.2) is 0 Å². The number of nitrogens with zero attached hydrogens (tertiary/aromatic N) is 2. The molecule has 0 amide bonds. The van der Waals surface area contributed by atoms with Crippen LogP contribution in [0.2, 0.25) is 0 Å². The Balaban J connectivity index is 1.26. The summed E-state index contributed by atoms with van der Waals surface area (Å²) in [6.45, 7) is 13.2. The quantitative estimate of drug-likeness (QED) is 0.194. The van der Waals surface area contributed by atoms with Gasteiger partial charge in [-0.05, 0) is 129 Å². The summed E-state index contributed by atoms with van der Waals surface area (Å²) in [7, 11) is 0. The van der Waals surface area contributed by atoms with E-state index in [0.29, 0.717) is 18.4 Å². The van der Waals surface area contributed by atoms with Crippen LogP contribution in [-0.2, 0) is 9.47 Å². The highest BCUT2D eigenvalue weighted by molar-refractivity contribution is 5.97. The Labute approximate surface area is 272 Å². The normalized spacial score (nSPS) is 17.5. The van der Waals surface area contributed by atoms with Crippen molar-refractivity contribution in [1.29, 1.82) is 0 Å². The molecular weight excluding hydrogens is 564 g/mol. The van der Waals surface area contributed by atoms with Crippen molar-refractivity contribution in [2.24, 2.45) is 9.98 Å². The van der Waals surface area contributed by atoms with Gasteiger partial charge in [0.1, 0.15) is 12.2 Å². The molecule has 0 aliphatic carbocycles. The minimum absolute atomic E-state index is 0.189. The molecule has 0 saturated heterocycles. The third kappa shape index (κ3) is 5.76. The summed E-state index contributed by atoms with van der Waals surface area (Å²) in [5.41, 5.74) is 10.5. The molecule has 230 valence electrons. The molecule has 5 aromatic carbocycles. The maximum absolute atomic E-state index is 6.28. The van der Waals surface area contributed by atoms with Crippen LogP contribution in [0.4, 0.5) is 0 Å². The number of rotatable bonds is 6. The lowest BCUT2D eigenvalue weighted by molar-refractivity contribution is 0.0619. The molecule has 0 aromatic heterocycles. The number of benzene rings is 5. The summed E-state index contributed by atoms with van der Waals surface area (Å²) < 4.78 is 12.2. The van der Waals surface area contributed by atoms with E-state index in [0.717, 1.165) is 38.9 Å². The van der Waals surface area contributed by atoms with Crippen molar-refractivity contribution in [3.05, 3.63) is 132 Å². The first kappa shape index (κ1) is 29.7. The molecule has 0 saturated carbocycles. The minimum atomic E-state index is -0.359. The molecule has 5 aromatic rings. The van der Waals surface area contributed by atoms with E-state index in [4.69, 9.17) is 19.5 Å². The largest absolute Gasteiger partial charge is 0.475 e. The Bertz CT molecular complexity index is 1950. The van der Waals surface area contributed by atoms with E-state index in [-0.39, 0.29) is 16.7 Å². The molecule has 0 N–H and O–H groups in total. The first-order chi connectivity index (χ1) is 22.0. The molecule has 4 nitrogen and oxygen atoms in total. The number of aliphatic imine (C=N–C) groups is 2. The van der Waals surface area contributed by atoms with Gasteiger partial charge in [-0.2, -0.15) is 0 Å². The van der Waals surface area contributed by atoms with Gasteiger partial charge in [-0.3, -0.25) is 0 Å².